The van der Waals surface area contributed by atoms with Gasteiger partial charge in [0.1, 0.15) is 0 Å². The van der Waals surface area contributed by atoms with Crippen molar-refractivity contribution in [3.05, 3.63) is 12.7 Å². The van der Waals surface area contributed by atoms with Crippen LogP contribution in [0, 0.1) is 16.7 Å². The molecule has 0 spiro atoms. The van der Waals surface area contributed by atoms with Gasteiger partial charge in [-0.15, -0.1) is 0 Å². The van der Waals surface area contributed by atoms with Crippen LogP contribution in [0.15, 0.2) is 12.7 Å². The molecule has 2 atom stereocenters. The second-order valence-electron chi connectivity index (χ2n) is 9.93. The molecule has 0 saturated heterocycles. The molecule has 0 N–H and O–H groups in total. The predicted molar refractivity (Wildman–Crippen MR) is 127 cm³/mol. The van der Waals surface area contributed by atoms with E-state index in [1.807, 2.05) is 6.08 Å². The maximum atomic E-state index is 12.8. The van der Waals surface area contributed by atoms with Crippen molar-refractivity contribution in [2.75, 3.05) is 14.2 Å². The average Bonchev–Trinajstić information content (AvgIpc) is 3.06. The molecule has 1 rings (SSSR count). The van der Waals surface area contributed by atoms with Crippen molar-refractivity contribution in [2.24, 2.45) is 16.7 Å². The summed E-state index contributed by atoms with van der Waals surface area (Å²) in [6.07, 6.45) is 10.7. The summed E-state index contributed by atoms with van der Waals surface area (Å²) in [6, 6.07) is 0. The Hall–Kier alpha value is -0.521. The molecular formula is C25H46O4Sn. The molecule has 1 aliphatic carbocycles. The zero-order chi connectivity index (χ0) is 22.8. The van der Waals surface area contributed by atoms with Crippen molar-refractivity contribution < 1.29 is 19.1 Å². The van der Waals surface area contributed by atoms with E-state index in [1.165, 1.54) is 70.5 Å². The summed E-state index contributed by atoms with van der Waals surface area (Å²) < 4.78 is 15.7. The number of rotatable bonds is 14. The Morgan fingerprint density at radius 2 is 1.40 bits per heavy atom. The molecular weight excluding hydrogens is 483 g/mol. The third-order valence-electron chi connectivity index (χ3n) is 7.57. The Labute approximate surface area is 189 Å². The minimum atomic E-state index is -2.48. The number of hydrogen-bond acceptors (Lipinski definition) is 4. The SMILES string of the molecule is C=C[C@@H]1CC(C(=O)OC)(C(=O)OC)C[C@@]1(C)[CH2][Sn]([CH2]CCC)([CH2]CCC)[CH2]CCC. The first-order valence-corrected chi connectivity index (χ1v) is 20.1. The van der Waals surface area contributed by atoms with Gasteiger partial charge in [-0.3, -0.25) is 0 Å². The van der Waals surface area contributed by atoms with Crippen LogP contribution in [0.1, 0.15) is 79.1 Å². The number of unbranched alkanes of at least 4 members (excludes halogenated alkanes) is 3. The van der Waals surface area contributed by atoms with Gasteiger partial charge in [-0.25, -0.2) is 0 Å². The minimum absolute atomic E-state index is 0.0879. The summed E-state index contributed by atoms with van der Waals surface area (Å²) >= 11 is -2.48. The average molecular weight is 529 g/mol. The summed E-state index contributed by atoms with van der Waals surface area (Å²) in [7, 11) is 2.75. The van der Waals surface area contributed by atoms with Crippen LogP contribution in [0.2, 0.25) is 17.7 Å². The second kappa shape index (κ2) is 12.5. The third kappa shape index (κ3) is 6.26. The molecule has 0 unspecified atom stereocenters. The van der Waals surface area contributed by atoms with Gasteiger partial charge in [0.25, 0.3) is 0 Å². The molecule has 5 heteroatoms. The fourth-order valence-electron chi connectivity index (χ4n) is 6.01. The second-order valence-corrected chi connectivity index (χ2v) is 23.8. The van der Waals surface area contributed by atoms with Crippen LogP contribution in [0.5, 0.6) is 0 Å². The number of methoxy groups -OCH3 is 2. The van der Waals surface area contributed by atoms with Gasteiger partial charge in [-0.05, 0) is 0 Å². The van der Waals surface area contributed by atoms with Gasteiger partial charge >= 0.3 is 190 Å². The Kier molecular flexibility index (Phi) is 11.5. The monoisotopic (exact) mass is 530 g/mol. The van der Waals surface area contributed by atoms with E-state index in [2.05, 4.69) is 34.3 Å². The summed E-state index contributed by atoms with van der Waals surface area (Å²) in [5.41, 5.74) is -1.27. The zero-order valence-electron chi connectivity index (χ0n) is 20.5. The van der Waals surface area contributed by atoms with Crippen molar-refractivity contribution in [2.45, 2.75) is 96.8 Å². The standard InChI is InChI=1S/C13H19O4.3C4H9.Sn/c1-6-9-7-13(10(14)16-4,11(15)17-5)8-12(9,2)3;3*1-3-4-2;/h6,9H,1-2,7-8H2,3-5H3;3*1,3-4H2,2H3;/t9-,12+;;;;/m1..../s1. The number of carbonyl (C=O) groups excluding carboxylic acids is 2. The van der Waals surface area contributed by atoms with Crippen molar-refractivity contribution >= 4 is 30.3 Å². The van der Waals surface area contributed by atoms with E-state index in [1.54, 1.807) is 0 Å². The van der Waals surface area contributed by atoms with Crippen LogP contribution in [0.3, 0.4) is 0 Å². The molecule has 0 aromatic heterocycles. The van der Waals surface area contributed by atoms with Crippen LogP contribution in [0.25, 0.3) is 0 Å². The van der Waals surface area contributed by atoms with Crippen molar-refractivity contribution in [3.8, 4) is 0 Å². The Morgan fingerprint density at radius 3 is 1.73 bits per heavy atom. The number of allylic oxidation sites excluding steroid dienone is 1. The van der Waals surface area contributed by atoms with Gasteiger partial charge in [-0.2, -0.15) is 0 Å². The predicted octanol–water partition coefficient (Wildman–Crippen LogP) is 6.77. The van der Waals surface area contributed by atoms with Crippen LogP contribution >= 0.6 is 0 Å². The van der Waals surface area contributed by atoms with Crippen LogP contribution < -0.4 is 0 Å². The molecule has 0 bridgehead atoms. The van der Waals surface area contributed by atoms with Gasteiger partial charge in [0.15, 0.2) is 0 Å². The third-order valence-corrected chi connectivity index (χ3v) is 24.1. The summed E-state index contributed by atoms with van der Waals surface area (Å²) in [4.78, 5) is 25.7. The molecule has 0 aliphatic heterocycles. The van der Waals surface area contributed by atoms with E-state index in [4.69, 9.17) is 9.47 Å². The van der Waals surface area contributed by atoms with E-state index >= 15 is 0 Å². The molecule has 0 heterocycles. The van der Waals surface area contributed by atoms with E-state index in [0.717, 1.165) is 0 Å². The number of esters is 2. The topological polar surface area (TPSA) is 52.6 Å². The normalized spacial score (nSPS) is 23.2. The Bertz CT molecular complexity index is 536. The molecule has 1 saturated carbocycles. The number of hydrogen-bond donors (Lipinski definition) is 0. The van der Waals surface area contributed by atoms with E-state index in [9.17, 15) is 9.59 Å². The first-order chi connectivity index (χ1) is 14.2. The molecule has 0 radical (unpaired) electrons. The van der Waals surface area contributed by atoms with Crippen molar-refractivity contribution in [1.82, 2.24) is 0 Å². The summed E-state index contributed by atoms with van der Waals surface area (Å²) in [5.74, 6) is -0.751. The fourth-order valence-corrected chi connectivity index (χ4v) is 25.1. The van der Waals surface area contributed by atoms with Gasteiger partial charge in [0.2, 0.25) is 0 Å². The summed E-state index contributed by atoms with van der Waals surface area (Å²) in [6.45, 7) is 13.3. The Morgan fingerprint density at radius 1 is 0.967 bits per heavy atom. The number of carbonyl (C=O) groups is 2. The molecule has 0 aromatic carbocycles. The van der Waals surface area contributed by atoms with Crippen LogP contribution in [0.4, 0.5) is 0 Å². The van der Waals surface area contributed by atoms with Gasteiger partial charge in [0, 0.05) is 0 Å². The van der Waals surface area contributed by atoms with Crippen molar-refractivity contribution in [3.63, 3.8) is 0 Å². The molecule has 30 heavy (non-hydrogen) atoms. The molecule has 1 fully saturated rings. The molecule has 0 aromatic rings. The van der Waals surface area contributed by atoms with E-state index in [0.29, 0.717) is 12.8 Å². The molecule has 1 aliphatic rings. The van der Waals surface area contributed by atoms with Crippen molar-refractivity contribution in [1.29, 1.82) is 0 Å². The van der Waals surface area contributed by atoms with Crippen LogP contribution in [-0.4, -0.2) is 44.5 Å². The fraction of sp³-hybridized carbons (Fsp3) is 0.840. The maximum absolute atomic E-state index is 12.8. The Balaban J connectivity index is 3.36. The summed E-state index contributed by atoms with van der Waals surface area (Å²) in [5, 5.41) is 0. The molecule has 4 nitrogen and oxygen atoms in total. The van der Waals surface area contributed by atoms with E-state index in [-0.39, 0.29) is 11.3 Å². The van der Waals surface area contributed by atoms with E-state index < -0.39 is 35.7 Å². The first kappa shape index (κ1) is 27.5. The first-order valence-electron chi connectivity index (χ1n) is 12.0. The molecule has 0 amide bonds. The van der Waals surface area contributed by atoms with Gasteiger partial charge < -0.3 is 0 Å². The van der Waals surface area contributed by atoms with Gasteiger partial charge in [0.05, 0.1) is 0 Å². The van der Waals surface area contributed by atoms with Gasteiger partial charge in [-0.1, -0.05) is 0 Å². The zero-order valence-corrected chi connectivity index (χ0v) is 23.3. The van der Waals surface area contributed by atoms with Crippen LogP contribution in [-0.2, 0) is 19.1 Å². The molecule has 174 valence electrons. The number of ether oxygens (including phenoxy) is 2. The quantitative estimate of drug-likeness (QED) is 0.108.